The molecule has 0 aliphatic rings. The molecule has 0 saturated heterocycles. The zero-order valence-corrected chi connectivity index (χ0v) is 17.5. The Kier molecular flexibility index (Phi) is 8.76. The van der Waals surface area contributed by atoms with E-state index in [1.165, 1.54) is 7.11 Å². The highest BCUT2D eigenvalue weighted by molar-refractivity contribution is 5.99. The van der Waals surface area contributed by atoms with Crippen LogP contribution in [-0.2, 0) is 14.3 Å². The number of amides is 1. The normalized spacial score (nSPS) is 13.4. The third kappa shape index (κ3) is 6.86. The molecule has 0 bridgehead atoms. The topological polar surface area (TPSA) is 73.9 Å². The van der Waals surface area contributed by atoms with Gasteiger partial charge in [0.05, 0.1) is 13.2 Å². The zero-order chi connectivity index (χ0) is 20.6. The van der Waals surface area contributed by atoms with E-state index in [0.717, 1.165) is 0 Å². The Hall–Kier alpha value is -2.08. The molecule has 0 aromatic heterocycles. The number of nitrogens with one attached hydrogen (secondary N) is 1. The van der Waals surface area contributed by atoms with Crippen molar-refractivity contribution in [3.05, 3.63) is 23.8 Å². The summed E-state index contributed by atoms with van der Waals surface area (Å²) in [6.45, 7) is 12.4. The zero-order valence-electron chi connectivity index (χ0n) is 17.5. The molecule has 27 heavy (non-hydrogen) atoms. The molecule has 1 amide bonds. The summed E-state index contributed by atoms with van der Waals surface area (Å²) in [7, 11) is 1.52. The van der Waals surface area contributed by atoms with Gasteiger partial charge in [-0.25, -0.2) is 4.79 Å². The van der Waals surface area contributed by atoms with Gasteiger partial charge in [0.15, 0.2) is 0 Å². The van der Waals surface area contributed by atoms with Crippen molar-refractivity contribution in [3.8, 4) is 5.75 Å². The van der Waals surface area contributed by atoms with E-state index in [9.17, 15) is 9.59 Å². The maximum atomic E-state index is 12.7. The first kappa shape index (κ1) is 23.0. The first-order valence-electron chi connectivity index (χ1n) is 9.43. The van der Waals surface area contributed by atoms with E-state index < -0.39 is 11.6 Å². The highest BCUT2D eigenvalue weighted by Gasteiger charge is 2.34. The first-order valence-corrected chi connectivity index (χ1v) is 9.43. The van der Waals surface area contributed by atoms with Crippen LogP contribution in [0.5, 0.6) is 5.75 Å². The molecule has 6 heteroatoms. The van der Waals surface area contributed by atoms with Crippen molar-refractivity contribution in [1.29, 1.82) is 0 Å². The summed E-state index contributed by atoms with van der Waals surface area (Å²) in [5.41, 5.74) is -0.171. The number of hydrogen-bond donors (Lipinski definition) is 1. The minimum atomic E-state index is -0.953. The molecular weight excluding hydrogens is 346 g/mol. The summed E-state index contributed by atoms with van der Waals surface area (Å²) in [6.07, 6.45) is 0.579. The highest BCUT2D eigenvalue weighted by atomic mass is 16.5. The van der Waals surface area contributed by atoms with E-state index in [2.05, 4.69) is 5.32 Å². The molecule has 1 unspecified atom stereocenters. The van der Waals surface area contributed by atoms with Gasteiger partial charge in [-0.15, -0.1) is 0 Å². The number of anilines is 1. The van der Waals surface area contributed by atoms with Crippen LogP contribution in [0.4, 0.5) is 5.69 Å². The minimum absolute atomic E-state index is 0.259. The van der Waals surface area contributed by atoms with Gasteiger partial charge in [0.2, 0.25) is 0 Å². The summed E-state index contributed by atoms with van der Waals surface area (Å²) < 4.78 is 16.3. The largest absolute Gasteiger partial charge is 0.492 e. The maximum absolute atomic E-state index is 12.7. The van der Waals surface area contributed by atoms with Crippen LogP contribution in [0, 0.1) is 11.8 Å². The average molecular weight is 379 g/mol. The van der Waals surface area contributed by atoms with Crippen LogP contribution in [0.15, 0.2) is 18.2 Å². The lowest BCUT2D eigenvalue weighted by Crippen LogP contribution is -2.43. The van der Waals surface area contributed by atoms with Gasteiger partial charge in [0.25, 0.3) is 5.91 Å². The molecule has 0 aliphatic carbocycles. The van der Waals surface area contributed by atoms with Crippen LogP contribution >= 0.6 is 0 Å². The van der Waals surface area contributed by atoms with E-state index >= 15 is 0 Å². The summed E-state index contributed by atoms with van der Waals surface area (Å²) in [5, 5.41) is 2.84. The Balaban J connectivity index is 3.09. The van der Waals surface area contributed by atoms with Crippen molar-refractivity contribution >= 4 is 17.6 Å². The quantitative estimate of drug-likeness (QED) is 0.614. The second-order valence-electron chi connectivity index (χ2n) is 7.62. The average Bonchev–Trinajstić information content (AvgIpc) is 2.59. The van der Waals surface area contributed by atoms with E-state index in [4.69, 9.17) is 14.2 Å². The molecule has 1 aromatic rings. The summed E-state index contributed by atoms with van der Waals surface area (Å²) in [4.78, 5) is 25.0. The molecule has 1 N–H and O–H groups in total. The predicted octanol–water partition coefficient (Wildman–Crippen LogP) is 4.29. The van der Waals surface area contributed by atoms with Crippen LogP contribution in [0.2, 0.25) is 0 Å². The van der Waals surface area contributed by atoms with Crippen LogP contribution in [0.25, 0.3) is 0 Å². The molecule has 1 atom stereocenters. The van der Waals surface area contributed by atoms with Gasteiger partial charge >= 0.3 is 5.97 Å². The molecule has 0 radical (unpaired) electrons. The van der Waals surface area contributed by atoms with Gasteiger partial charge in [-0.05, 0) is 50.3 Å². The lowest BCUT2D eigenvalue weighted by atomic mass is 9.93. The summed E-state index contributed by atoms with van der Waals surface area (Å²) in [5.74, 6) is 0.311. The Bertz CT molecular complexity index is 641. The molecule has 0 aliphatic heterocycles. The maximum Gasteiger partial charge on any atom is 0.341 e. The number of methoxy groups -OCH3 is 1. The fraction of sp³-hybridized carbons (Fsp3) is 0.619. The fourth-order valence-electron chi connectivity index (χ4n) is 2.67. The van der Waals surface area contributed by atoms with Crippen molar-refractivity contribution in [2.75, 3.05) is 25.6 Å². The molecule has 0 fully saturated rings. The molecule has 152 valence electrons. The van der Waals surface area contributed by atoms with Crippen molar-refractivity contribution in [3.63, 3.8) is 0 Å². The van der Waals surface area contributed by atoms with Crippen LogP contribution in [0.3, 0.4) is 0 Å². The van der Waals surface area contributed by atoms with Gasteiger partial charge in [-0.3, -0.25) is 4.79 Å². The van der Waals surface area contributed by atoms with Gasteiger partial charge in [-0.2, -0.15) is 0 Å². The van der Waals surface area contributed by atoms with E-state index in [1.807, 2.05) is 27.7 Å². The number of carbonyl (C=O) groups excluding carboxylic acids is 2. The second kappa shape index (κ2) is 10.3. The van der Waals surface area contributed by atoms with Crippen molar-refractivity contribution in [1.82, 2.24) is 0 Å². The van der Waals surface area contributed by atoms with E-state index in [1.54, 1.807) is 32.0 Å². The summed E-state index contributed by atoms with van der Waals surface area (Å²) >= 11 is 0. The Morgan fingerprint density at radius 2 is 1.81 bits per heavy atom. The lowest BCUT2D eigenvalue weighted by Gasteiger charge is -2.28. The smallest absolute Gasteiger partial charge is 0.341 e. The minimum Gasteiger partial charge on any atom is -0.492 e. The van der Waals surface area contributed by atoms with E-state index in [0.29, 0.717) is 41.9 Å². The predicted molar refractivity (Wildman–Crippen MR) is 106 cm³/mol. The highest BCUT2D eigenvalue weighted by Crippen LogP contribution is 2.27. The molecule has 1 rings (SSSR count). The van der Waals surface area contributed by atoms with Gasteiger partial charge < -0.3 is 19.5 Å². The number of carbonyl (C=O) groups is 2. The lowest BCUT2D eigenvalue weighted by molar-refractivity contribution is -0.137. The molecule has 6 nitrogen and oxygen atoms in total. The Morgan fingerprint density at radius 3 is 2.33 bits per heavy atom. The number of rotatable bonds is 10. The molecule has 0 saturated carbocycles. The molecular formula is C21H33NO5. The van der Waals surface area contributed by atoms with Gasteiger partial charge in [-0.1, -0.05) is 27.7 Å². The van der Waals surface area contributed by atoms with E-state index in [-0.39, 0.29) is 12.5 Å². The van der Waals surface area contributed by atoms with Crippen LogP contribution in [0.1, 0.15) is 58.3 Å². The van der Waals surface area contributed by atoms with Crippen molar-refractivity contribution in [2.45, 2.75) is 53.6 Å². The monoisotopic (exact) mass is 379 g/mol. The third-order valence-corrected chi connectivity index (χ3v) is 4.03. The fourth-order valence-corrected chi connectivity index (χ4v) is 2.67. The number of ether oxygens (including phenoxy) is 3. The first-order chi connectivity index (χ1) is 12.6. The number of benzene rings is 1. The van der Waals surface area contributed by atoms with Gasteiger partial charge in [0.1, 0.15) is 16.9 Å². The SMILES string of the molecule is CCOC(=O)c1cc(NC(=O)C(C)(CC(C)C)OC)ccc1OCC(C)C. The van der Waals surface area contributed by atoms with Crippen molar-refractivity contribution in [2.24, 2.45) is 11.8 Å². The molecule has 0 heterocycles. The van der Waals surface area contributed by atoms with Crippen LogP contribution < -0.4 is 10.1 Å². The second-order valence-corrected chi connectivity index (χ2v) is 7.62. The third-order valence-electron chi connectivity index (χ3n) is 4.03. The number of hydrogen-bond acceptors (Lipinski definition) is 5. The molecule has 1 aromatic carbocycles. The number of esters is 1. The Labute approximate surface area is 162 Å². The molecule has 0 spiro atoms. The Morgan fingerprint density at radius 1 is 1.15 bits per heavy atom. The van der Waals surface area contributed by atoms with Crippen molar-refractivity contribution < 1.29 is 23.8 Å². The standard InChI is InChI=1S/C21H33NO5/c1-8-26-19(23)17-11-16(9-10-18(17)27-13-15(4)5)22-20(24)21(6,25-7)12-14(2)3/h9-11,14-15H,8,12-13H2,1-7H3,(H,22,24). The summed E-state index contributed by atoms with van der Waals surface area (Å²) in [6, 6.07) is 4.97. The van der Waals surface area contributed by atoms with Crippen LogP contribution in [-0.4, -0.2) is 37.8 Å². The van der Waals surface area contributed by atoms with Gasteiger partial charge in [0, 0.05) is 12.8 Å².